The lowest BCUT2D eigenvalue weighted by Gasteiger charge is -2.09. The number of benzene rings is 2. The van der Waals surface area contributed by atoms with Gasteiger partial charge in [-0.3, -0.25) is 4.79 Å². The molecule has 0 aliphatic carbocycles. The number of unbranched alkanes of at least 4 members (excludes halogenated alkanes) is 1. The second-order valence-electron chi connectivity index (χ2n) is 6.17. The number of nitrogens with one attached hydrogen (secondary N) is 2. The third kappa shape index (κ3) is 3.01. The highest BCUT2D eigenvalue weighted by molar-refractivity contribution is 6.14. The molecule has 130 valence electrons. The van der Waals surface area contributed by atoms with Crippen LogP contribution in [0.25, 0.3) is 21.9 Å². The predicted octanol–water partition coefficient (Wildman–Crippen LogP) is 4.10. The van der Waals surface area contributed by atoms with E-state index in [9.17, 15) is 4.79 Å². The zero-order valence-corrected chi connectivity index (χ0v) is 14.5. The molecule has 0 spiro atoms. The first-order valence-electron chi connectivity index (χ1n) is 8.75. The van der Waals surface area contributed by atoms with Crippen LogP contribution in [0.15, 0.2) is 48.8 Å². The van der Waals surface area contributed by atoms with Crippen molar-refractivity contribution in [1.29, 1.82) is 0 Å². The van der Waals surface area contributed by atoms with Gasteiger partial charge in [-0.15, -0.1) is 0 Å². The minimum Gasteiger partial charge on any atom is -0.340 e. The van der Waals surface area contributed by atoms with Gasteiger partial charge in [0.25, 0.3) is 5.91 Å². The Labute approximate surface area is 150 Å². The summed E-state index contributed by atoms with van der Waals surface area (Å²) in [6.45, 7) is 2.12. The Morgan fingerprint density at radius 2 is 1.96 bits per heavy atom. The van der Waals surface area contributed by atoms with Crippen molar-refractivity contribution in [1.82, 2.24) is 19.9 Å². The van der Waals surface area contributed by atoms with E-state index >= 15 is 0 Å². The highest BCUT2D eigenvalue weighted by Crippen LogP contribution is 2.22. The molecule has 0 aliphatic heterocycles. The summed E-state index contributed by atoms with van der Waals surface area (Å²) in [5.41, 5.74) is 1.82. The molecular formula is C20H19N5O. The van der Waals surface area contributed by atoms with E-state index in [1.54, 1.807) is 6.33 Å². The minimum absolute atomic E-state index is 0.196. The third-order valence-corrected chi connectivity index (χ3v) is 4.35. The second kappa shape index (κ2) is 6.92. The van der Waals surface area contributed by atoms with Gasteiger partial charge in [0.2, 0.25) is 0 Å². The number of fused-ring (bicyclic) bond motifs is 2. The van der Waals surface area contributed by atoms with Crippen LogP contribution in [0.4, 0.5) is 5.82 Å². The van der Waals surface area contributed by atoms with Gasteiger partial charge in [0, 0.05) is 12.0 Å². The van der Waals surface area contributed by atoms with E-state index in [0.717, 1.165) is 30.0 Å². The number of amides is 1. The number of nitrogens with zero attached hydrogens (tertiary/aromatic N) is 3. The van der Waals surface area contributed by atoms with Crippen LogP contribution in [-0.4, -0.2) is 25.8 Å². The summed E-state index contributed by atoms with van der Waals surface area (Å²) in [4.78, 5) is 29.1. The Morgan fingerprint density at radius 1 is 1.12 bits per heavy atom. The fourth-order valence-electron chi connectivity index (χ4n) is 3.01. The van der Waals surface area contributed by atoms with Gasteiger partial charge in [-0.05, 0) is 23.3 Å². The molecule has 0 unspecified atom stereocenters. The molecule has 0 saturated carbocycles. The first-order valence-corrected chi connectivity index (χ1v) is 8.75. The summed E-state index contributed by atoms with van der Waals surface area (Å²) >= 11 is 0. The smallest absolute Gasteiger partial charge is 0.257 e. The number of aromatic amines is 1. The van der Waals surface area contributed by atoms with Crippen molar-refractivity contribution in [3.8, 4) is 0 Å². The standard InChI is InChI=1S/C20H19N5O/c1-2-3-11-16-23-18-17(21-12-22-18)19(24-16)25-20(26)15-10-6-8-13-7-4-5-9-14(13)15/h4-10,12H,2-3,11H2,1H3,(H2,21,22,23,24,25,26). The fraction of sp³-hybridized carbons (Fsp3) is 0.200. The second-order valence-corrected chi connectivity index (χ2v) is 6.17. The van der Waals surface area contributed by atoms with E-state index in [0.29, 0.717) is 28.4 Å². The molecule has 4 rings (SSSR count). The normalized spacial score (nSPS) is 11.1. The Balaban J connectivity index is 1.72. The number of hydrogen-bond donors (Lipinski definition) is 2. The summed E-state index contributed by atoms with van der Waals surface area (Å²) in [7, 11) is 0. The molecule has 2 aromatic heterocycles. The zero-order chi connectivity index (χ0) is 17.9. The first kappa shape index (κ1) is 16.2. The summed E-state index contributed by atoms with van der Waals surface area (Å²) in [5, 5.41) is 4.87. The molecule has 6 nitrogen and oxygen atoms in total. The first-order chi connectivity index (χ1) is 12.8. The van der Waals surface area contributed by atoms with Gasteiger partial charge in [0.1, 0.15) is 11.3 Å². The third-order valence-electron chi connectivity index (χ3n) is 4.35. The number of aromatic nitrogens is 4. The molecule has 2 N–H and O–H groups in total. The number of anilines is 1. The van der Waals surface area contributed by atoms with Crippen molar-refractivity contribution in [2.24, 2.45) is 0 Å². The van der Waals surface area contributed by atoms with Gasteiger partial charge in [-0.2, -0.15) is 0 Å². The summed E-state index contributed by atoms with van der Waals surface area (Å²) in [5.74, 6) is 0.967. The highest BCUT2D eigenvalue weighted by Gasteiger charge is 2.15. The van der Waals surface area contributed by atoms with Gasteiger partial charge >= 0.3 is 0 Å². The van der Waals surface area contributed by atoms with Crippen molar-refractivity contribution < 1.29 is 4.79 Å². The van der Waals surface area contributed by atoms with Gasteiger partial charge in [-0.1, -0.05) is 49.7 Å². The molecule has 2 aromatic carbocycles. The van der Waals surface area contributed by atoms with Gasteiger partial charge < -0.3 is 10.3 Å². The van der Waals surface area contributed by atoms with E-state index in [4.69, 9.17) is 0 Å². The largest absolute Gasteiger partial charge is 0.340 e. The van der Waals surface area contributed by atoms with Crippen LogP contribution in [0.1, 0.15) is 35.9 Å². The highest BCUT2D eigenvalue weighted by atomic mass is 16.1. The lowest BCUT2D eigenvalue weighted by molar-refractivity contribution is 0.102. The van der Waals surface area contributed by atoms with Crippen molar-refractivity contribution >= 4 is 33.7 Å². The van der Waals surface area contributed by atoms with Crippen molar-refractivity contribution in [3.63, 3.8) is 0 Å². The Bertz CT molecular complexity index is 1080. The van der Waals surface area contributed by atoms with Crippen LogP contribution >= 0.6 is 0 Å². The molecular weight excluding hydrogens is 326 g/mol. The summed E-state index contributed by atoms with van der Waals surface area (Å²) in [6.07, 6.45) is 4.37. The van der Waals surface area contributed by atoms with Gasteiger partial charge in [0.05, 0.1) is 6.33 Å². The number of rotatable bonds is 5. The fourth-order valence-corrected chi connectivity index (χ4v) is 3.01. The van der Waals surface area contributed by atoms with Crippen LogP contribution in [0.5, 0.6) is 0 Å². The number of H-pyrrole nitrogens is 1. The zero-order valence-electron chi connectivity index (χ0n) is 14.5. The SMILES string of the molecule is CCCCc1nc(NC(=O)c2cccc3ccccc23)c2[nH]cnc2n1. The van der Waals surface area contributed by atoms with Crippen molar-refractivity contribution in [3.05, 3.63) is 60.2 Å². The number of hydrogen-bond acceptors (Lipinski definition) is 4. The van der Waals surface area contributed by atoms with E-state index in [1.807, 2.05) is 42.5 Å². The Kier molecular flexibility index (Phi) is 4.31. The summed E-state index contributed by atoms with van der Waals surface area (Å²) in [6, 6.07) is 13.5. The van der Waals surface area contributed by atoms with E-state index in [-0.39, 0.29) is 5.91 Å². The topological polar surface area (TPSA) is 83.6 Å². The molecule has 0 atom stereocenters. The van der Waals surface area contributed by atoms with Gasteiger partial charge in [0.15, 0.2) is 11.5 Å². The van der Waals surface area contributed by atoms with Crippen LogP contribution in [0.2, 0.25) is 0 Å². The maximum atomic E-state index is 12.9. The minimum atomic E-state index is -0.196. The Morgan fingerprint density at radius 3 is 2.85 bits per heavy atom. The van der Waals surface area contributed by atoms with E-state index in [1.165, 1.54) is 0 Å². The molecule has 26 heavy (non-hydrogen) atoms. The molecule has 4 aromatic rings. The van der Waals surface area contributed by atoms with Crippen LogP contribution in [0, 0.1) is 0 Å². The molecule has 0 aliphatic rings. The monoisotopic (exact) mass is 345 g/mol. The quantitative estimate of drug-likeness (QED) is 0.570. The molecule has 6 heteroatoms. The average Bonchev–Trinajstić information content (AvgIpc) is 3.14. The number of aryl methyl sites for hydroxylation is 1. The van der Waals surface area contributed by atoms with Crippen molar-refractivity contribution in [2.75, 3.05) is 5.32 Å². The van der Waals surface area contributed by atoms with Crippen LogP contribution < -0.4 is 5.32 Å². The maximum Gasteiger partial charge on any atom is 0.257 e. The molecule has 0 bridgehead atoms. The molecule has 2 heterocycles. The predicted molar refractivity (Wildman–Crippen MR) is 102 cm³/mol. The summed E-state index contributed by atoms with van der Waals surface area (Å²) < 4.78 is 0. The Hall–Kier alpha value is -3.28. The average molecular weight is 345 g/mol. The lowest BCUT2D eigenvalue weighted by atomic mass is 10.0. The number of imidazole rings is 1. The maximum absolute atomic E-state index is 12.9. The number of carbonyl (C=O) groups excluding carboxylic acids is 1. The lowest BCUT2D eigenvalue weighted by Crippen LogP contribution is -2.15. The number of carbonyl (C=O) groups is 1. The molecule has 0 radical (unpaired) electrons. The van der Waals surface area contributed by atoms with Crippen LogP contribution in [0.3, 0.4) is 0 Å². The van der Waals surface area contributed by atoms with Crippen molar-refractivity contribution in [2.45, 2.75) is 26.2 Å². The van der Waals surface area contributed by atoms with Gasteiger partial charge in [-0.25, -0.2) is 15.0 Å². The molecule has 1 amide bonds. The van der Waals surface area contributed by atoms with Crippen LogP contribution in [-0.2, 0) is 6.42 Å². The molecule has 0 fully saturated rings. The van der Waals surface area contributed by atoms with E-state index in [2.05, 4.69) is 32.2 Å². The van der Waals surface area contributed by atoms with E-state index < -0.39 is 0 Å². The molecule has 0 saturated heterocycles.